The molecule has 2 amide bonds. The number of aliphatic hydroxyl groups is 3. The molecule has 334 valence electrons. The molecule has 1 aliphatic heterocycles. The Morgan fingerprint density at radius 1 is 0.544 bits per heavy atom. The standard InChI is InChI=1S/C44H82N2O11/c1-4-6-8-10-12-14-16-18-20-22-24-26-28-34(29-27-25-23-21-19-17-15-13-11-9-7-5-2)41(52)46-36(42(53)45-35(43(54)55)30-31-37(47)48)32-56-44-40(51)39(50)38(49)33(3)57-44/h33-36,38-40,44,49-51H,4-32H2,1-3H3,(H,45,53)(H,46,52)(H,47,48)(H,54,55)/t33-,35-,36+,38+,39+,40-,44+/m0/s1. The second kappa shape index (κ2) is 33.5. The summed E-state index contributed by atoms with van der Waals surface area (Å²) in [6.45, 7) is 5.41. The summed E-state index contributed by atoms with van der Waals surface area (Å²) < 4.78 is 11.2. The molecule has 0 aromatic carbocycles. The van der Waals surface area contributed by atoms with Gasteiger partial charge in [0.15, 0.2) is 6.29 Å². The van der Waals surface area contributed by atoms with Crippen LogP contribution in [-0.4, -0.2) is 98.7 Å². The zero-order valence-electron chi connectivity index (χ0n) is 35.8. The van der Waals surface area contributed by atoms with Gasteiger partial charge in [-0.2, -0.15) is 0 Å². The maximum atomic E-state index is 13.9. The molecule has 7 atom stereocenters. The first kappa shape index (κ1) is 52.7. The van der Waals surface area contributed by atoms with Gasteiger partial charge in [-0.3, -0.25) is 14.4 Å². The van der Waals surface area contributed by atoms with Crippen LogP contribution in [-0.2, 0) is 28.7 Å². The van der Waals surface area contributed by atoms with E-state index in [9.17, 15) is 39.6 Å². The lowest BCUT2D eigenvalue weighted by atomic mass is 9.92. The fourth-order valence-electron chi connectivity index (χ4n) is 7.48. The molecule has 13 heteroatoms. The van der Waals surface area contributed by atoms with Crippen molar-refractivity contribution >= 4 is 23.8 Å². The number of rotatable bonds is 37. The Bertz CT molecular complexity index is 1040. The number of carbonyl (C=O) groups is 4. The van der Waals surface area contributed by atoms with E-state index in [1.54, 1.807) is 0 Å². The number of hydrogen-bond acceptors (Lipinski definition) is 9. The van der Waals surface area contributed by atoms with Crippen molar-refractivity contribution in [3.63, 3.8) is 0 Å². The van der Waals surface area contributed by atoms with Crippen molar-refractivity contribution in [3.05, 3.63) is 0 Å². The van der Waals surface area contributed by atoms with Crippen molar-refractivity contribution in [2.75, 3.05) is 6.61 Å². The Kier molecular flexibility index (Phi) is 31.0. The van der Waals surface area contributed by atoms with E-state index in [-0.39, 0.29) is 18.2 Å². The summed E-state index contributed by atoms with van der Waals surface area (Å²) in [7, 11) is 0. The number of hydrogen-bond donors (Lipinski definition) is 7. The number of ether oxygens (including phenoxy) is 2. The van der Waals surface area contributed by atoms with Crippen LogP contribution in [0.1, 0.15) is 201 Å². The van der Waals surface area contributed by atoms with Gasteiger partial charge in [0.2, 0.25) is 11.8 Å². The molecule has 0 radical (unpaired) electrons. The molecule has 1 rings (SSSR count). The van der Waals surface area contributed by atoms with E-state index in [0.717, 1.165) is 51.4 Å². The molecule has 0 aromatic rings. The van der Waals surface area contributed by atoms with Crippen molar-refractivity contribution in [2.45, 2.75) is 243 Å². The van der Waals surface area contributed by atoms with Gasteiger partial charge in [-0.25, -0.2) is 4.79 Å². The van der Waals surface area contributed by atoms with Gasteiger partial charge in [0, 0.05) is 12.3 Å². The molecule has 7 N–H and O–H groups in total. The van der Waals surface area contributed by atoms with Gasteiger partial charge >= 0.3 is 11.9 Å². The SMILES string of the molecule is CCCCCCCCCCCCCCC(CCCCCCCCCCCCCC)C(=O)N[C@H](CO[C@@H]1O[C@@H](C)[C@@H](O)[C@@H](O)[C@@H]1O)C(=O)N[C@@H](CCC(=O)O)C(=O)O. The van der Waals surface area contributed by atoms with Crippen molar-refractivity contribution in [1.82, 2.24) is 10.6 Å². The van der Waals surface area contributed by atoms with E-state index >= 15 is 0 Å². The van der Waals surface area contributed by atoms with Crippen LogP contribution in [0, 0.1) is 5.92 Å². The average Bonchev–Trinajstić information content (AvgIpc) is 3.18. The van der Waals surface area contributed by atoms with Crippen LogP contribution in [0.15, 0.2) is 0 Å². The number of carboxylic acids is 2. The van der Waals surface area contributed by atoms with Gasteiger partial charge in [0.25, 0.3) is 0 Å². The lowest BCUT2D eigenvalue weighted by molar-refractivity contribution is -0.293. The maximum absolute atomic E-state index is 13.9. The number of amides is 2. The van der Waals surface area contributed by atoms with Gasteiger partial charge in [-0.05, 0) is 26.2 Å². The highest BCUT2D eigenvalue weighted by Crippen LogP contribution is 2.23. The van der Waals surface area contributed by atoms with E-state index in [4.69, 9.17) is 14.6 Å². The molecule has 1 aliphatic rings. The number of aliphatic hydroxyl groups excluding tert-OH is 3. The van der Waals surface area contributed by atoms with Crippen LogP contribution in [0.5, 0.6) is 0 Å². The van der Waals surface area contributed by atoms with Crippen LogP contribution < -0.4 is 10.6 Å². The zero-order chi connectivity index (χ0) is 42.3. The van der Waals surface area contributed by atoms with Gasteiger partial charge in [0.05, 0.1) is 12.7 Å². The van der Waals surface area contributed by atoms with Gasteiger partial charge in [-0.1, -0.05) is 168 Å². The zero-order valence-corrected chi connectivity index (χ0v) is 35.8. The van der Waals surface area contributed by atoms with E-state index < -0.39 is 73.7 Å². The number of unbranched alkanes of at least 4 members (excludes halogenated alkanes) is 22. The number of carbonyl (C=O) groups excluding carboxylic acids is 2. The first-order valence-electron chi connectivity index (χ1n) is 22.8. The Labute approximate surface area is 343 Å². The summed E-state index contributed by atoms with van der Waals surface area (Å²) in [5, 5.41) is 54.7. The molecule has 0 unspecified atom stereocenters. The largest absolute Gasteiger partial charge is 0.481 e. The van der Waals surface area contributed by atoms with Crippen molar-refractivity contribution in [3.8, 4) is 0 Å². The fourth-order valence-corrected chi connectivity index (χ4v) is 7.48. The molecule has 1 heterocycles. The Morgan fingerprint density at radius 2 is 0.947 bits per heavy atom. The lowest BCUT2D eigenvalue weighted by Gasteiger charge is -2.39. The lowest BCUT2D eigenvalue weighted by Crippen LogP contribution is -2.59. The van der Waals surface area contributed by atoms with E-state index in [1.807, 2.05) is 0 Å². The third kappa shape index (κ3) is 25.0. The van der Waals surface area contributed by atoms with Gasteiger partial charge in [-0.15, -0.1) is 0 Å². The molecule has 0 bridgehead atoms. The number of aliphatic carboxylic acids is 2. The number of carboxylic acid groups (broad SMARTS) is 2. The second-order valence-electron chi connectivity index (χ2n) is 16.5. The molecule has 1 saturated heterocycles. The Hall–Kier alpha value is -2.32. The monoisotopic (exact) mass is 815 g/mol. The molecule has 1 fully saturated rings. The highest BCUT2D eigenvalue weighted by molar-refractivity contribution is 5.91. The third-order valence-corrected chi connectivity index (χ3v) is 11.3. The smallest absolute Gasteiger partial charge is 0.326 e. The van der Waals surface area contributed by atoms with Crippen LogP contribution in [0.3, 0.4) is 0 Å². The Morgan fingerprint density at radius 3 is 1.35 bits per heavy atom. The summed E-state index contributed by atoms with van der Waals surface area (Å²) in [6.07, 6.45) is 22.2. The number of nitrogens with one attached hydrogen (secondary N) is 2. The molecular formula is C44H82N2O11. The second-order valence-corrected chi connectivity index (χ2v) is 16.5. The van der Waals surface area contributed by atoms with Crippen molar-refractivity contribution < 1.29 is 54.2 Å². The fraction of sp³-hybridized carbons (Fsp3) is 0.909. The molecule has 0 aliphatic carbocycles. The van der Waals surface area contributed by atoms with E-state index in [1.165, 1.54) is 110 Å². The predicted molar refractivity (Wildman–Crippen MR) is 222 cm³/mol. The van der Waals surface area contributed by atoms with E-state index in [2.05, 4.69) is 24.5 Å². The van der Waals surface area contributed by atoms with Crippen LogP contribution in [0.25, 0.3) is 0 Å². The van der Waals surface area contributed by atoms with Crippen LogP contribution >= 0.6 is 0 Å². The topological polar surface area (TPSA) is 212 Å². The molecule has 0 saturated carbocycles. The summed E-state index contributed by atoms with van der Waals surface area (Å²) in [6, 6.07) is -2.94. The van der Waals surface area contributed by atoms with Crippen LogP contribution in [0.2, 0.25) is 0 Å². The van der Waals surface area contributed by atoms with Crippen molar-refractivity contribution in [2.24, 2.45) is 5.92 Å². The minimum atomic E-state index is -1.65. The molecule has 57 heavy (non-hydrogen) atoms. The summed E-state index contributed by atoms with van der Waals surface area (Å²) in [4.78, 5) is 50.5. The minimum absolute atomic E-state index is 0.365. The molecule has 0 spiro atoms. The maximum Gasteiger partial charge on any atom is 0.326 e. The van der Waals surface area contributed by atoms with Gasteiger partial charge < -0.3 is 45.6 Å². The molecule has 0 aromatic heterocycles. The van der Waals surface area contributed by atoms with E-state index in [0.29, 0.717) is 12.8 Å². The summed E-state index contributed by atoms with van der Waals surface area (Å²) >= 11 is 0. The highest BCUT2D eigenvalue weighted by atomic mass is 16.7. The first-order chi connectivity index (χ1) is 27.4. The van der Waals surface area contributed by atoms with Gasteiger partial charge in [0.1, 0.15) is 30.4 Å². The summed E-state index contributed by atoms with van der Waals surface area (Å²) in [5.41, 5.74) is 0. The molecular weight excluding hydrogens is 732 g/mol. The van der Waals surface area contributed by atoms with Crippen LogP contribution in [0.4, 0.5) is 0 Å². The quantitative estimate of drug-likeness (QED) is 0.0304. The predicted octanol–water partition coefficient (Wildman–Crippen LogP) is 7.55. The summed E-state index contributed by atoms with van der Waals surface area (Å²) in [5.74, 6) is -4.29. The minimum Gasteiger partial charge on any atom is -0.481 e. The first-order valence-corrected chi connectivity index (χ1v) is 22.8. The highest BCUT2D eigenvalue weighted by Gasteiger charge is 2.43. The average molecular weight is 815 g/mol. The van der Waals surface area contributed by atoms with Crippen molar-refractivity contribution in [1.29, 1.82) is 0 Å². The Balaban J connectivity index is 2.89. The third-order valence-electron chi connectivity index (χ3n) is 11.3. The normalized spacial score (nSPS) is 20.6. The molecule has 13 nitrogen and oxygen atoms in total.